The van der Waals surface area contributed by atoms with Crippen LogP contribution in [0.5, 0.6) is 0 Å². The predicted octanol–water partition coefficient (Wildman–Crippen LogP) is 3.87. The number of carbonyl (C=O) groups excluding carboxylic acids is 1. The summed E-state index contributed by atoms with van der Waals surface area (Å²) in [5, 5.41) is 0. The zero-order valence-electron chi connectivity index (χ0n) is 14.7. The molecule has 0 N–H and O–H groups in total. The Kier molecular flexibility index (Phi) is 4.84. The molecule has 2 aliphatic heterocycles. The average Bonchev–Trinajstić information content (AvgIpc) is 2.63. The molecule has 3 nitrogen and oxygen atoms in total. The molecule has 2 aliphatic rings. The summed E-state index contributed by atoms with van der Waals surface area (Å²) in [5.41, 5.74) is 2.64. The lowest BCUT2D eigenvalue weighted by Crippen LogP contribution is -2.49. The van der Waals surface area contributed by atoms with Gasteiger partial charge in [0.25, 0.3) is 0 Å². The maximum Gasteiger partial charge on any atom is 0.226 e. The molecule has 0 radical (unpaired) electrons. The summed E-state index contributed by atoms with van der Waals surface area (Å²) in [4.78, 5) is 17.5. The van der Waals surface area contributed by atoms with E-state index >= 15 is 0 Å². The molecule has 1 amide bonds. The van der Waals surface area contributed by atoms with Crippen LogP contribution < -0.4 is 0 Å². The summed E-state index contributed by atoms with van der Waals surface area (Å²) >= 11 is 0. The zero-order chi connectivity index (χ0) is 17.1. The number of nitrogens with zero attached hydrogens (tertiary/aromatic N) is 2. The van der Waals surface area contributed by atoms with Crippen molar-refractivity contribution in [2.24, 2.45) is 5.92 Å². The quantitative estimate of drug-likeness (QED) is 0.847. The zero-order valence-corrected chi connectivity index (χ0v) is 14.7. The highest BCUT2D eigenvalue weighted by molar-refractivity contribution is 5.80. The SMILES string of the molecule is O=C(C1CCN(Cc2ccccc2)CC1)N1CC[C@H]1c1ccccc1. The first-order valence-electron chi connectivity index (χ1n) is 9.43. The van der Waals surface area contributed by atoms with E-state index in [4.69, 9.17) is 0 Å². The number of carbonyl (C=O) groups is 1. The van der Waals surface area contributed by atoms with E-state index in [1.807, 2.05) is 6.07 Å². The predicted molar refractivity (Wildman–Crippen MR) is 100.0 cm³/mol. The first kappa shape index (κ1) is 16.3. The third-order valence-corrected chi connectivity index (χ3v) is 5.67. The van der Waals surface area contributed by atoms with Gasteiger partial charge in [-0.3, -0.25) is 9.69 Å². The van der Waals surface area contributed by atoms with Crippen LogP contribution in [0.1, 0.15) is 36.4 Å². The Hall–Kier alpha value is -2.13. The molecule has 3 heteroatoms. The highest BCUT2D eigenvalue weighted by atomic mass is 16.2. The Morgan fingerprint density at radius 3 is 2.08 bits per heavy atom. The third-order valence-electron chi connectivity index (χ3n) is 5.67. The summed E-state index contributed by atoms with van der Waals surface area (Å²) in [5.74, 6) is 0.581. The minimum absolute atomic E-state index is 0.207. The maximum atomic E-state index is 12.9. The largest absolute Gasteiger partial charge is 0.335 e. The van der Waals surface area contributed by atoms with Crippen molar-refractivity contribution in [3.63, 3.8) is 0 Å². The van der Waals surface area contributed by atoms with Gasteiger partial charge in [0, 0.05) is 19.0 Å². The van der Waals surface area contributed by atoms with Crippen molar-refractivity contribution < 1.29 is 4.79 Å². The van der Waals surface area contributed by atoms with Gasteiger partial charge in [0.1, 0.15) is 0 Å². The molecule has 0 bridgehead atoms. The summed E-state index contributed by atoms with van der Waals surface area (Å²) in [6.07, 6.45) is 3.08. The second-order valence-electron chi connectivity index (χ2n) is 7.28. The van der Waals surface area contributed by atoms with E-state index in [0.717, 1.165) is 45.4 Å². The molecule has 1 atom stereocenters. The minimum atomic E-state index is 0.207. The van der Waals surface area contributed by atoms with Crippen LogP contribution in [0.4, 0.5) is 0 Å². The summed E-state index contributed by atoms with van der Waals surface area (Å²) in [6, 6.07) is 21.4. The Balaban J connectivity index is 1.31. The molecule has 2 aromatic rings. The van der Waals surface area contributed by atoms with Crippen molar-refractivity contribution in [3.05, 3.63) is 71.8 Å². The van der Waals surface area contributed by atoms with Crippen molar-refractivity contribution in [2.45, 2.75) is 31.8 Å². The van der Waals surface area contributed by atoms with Crippen LogP contribution in [-0.4, -0.2) is 35.3 Å². The van der Waals surface area contributed by atoms with Crippen LogP contribution in [0.15, 0.2) is 60.7 Å². The number of rotatable bonds is 4. The van der Waals surface area contributed by atoms with E-state index in [2.05, 4.69) is 64.4 Å². The lowest BCUT2D eigenvalue weighted by Gasteiger charge is -2.44. The number of likely N-dealkylation sites (tertiary alicyclic amines) is 2. The fourth-order valence-corrected chi connectivity index (χ4v) is 4.09. The Morgan fingerprint density at radius 2 is 1.48 bits per heavy atom. The first-order chi connectivity index (χ1) is 12.3. The van der Waals surface area contributed by atoms with Crippen LogP contribution >= 0.6 is 0 Å². The van der Waals surface area contributed by atoms with Crippen LogP contribution in [-0.2, 0) is 11.3 Å². The molecule has 0 unspecified atom stereocenters. The fraction of sp³-hybridized carbons (Fsp3) is 0.409. The van der Waals surface area contributed by atoms with Crippen molar-refractivity contribution in [1.29, 1.82) is 0 Å². The molecule has 2 aromatic carbocycles. The molecule has 130 valence electrons. The Bertz CT molecular complexity index is 692. The molecule has 0 aliphatic carbocycles. The average molecular weight is 334 g/mol. The standard InChI is InChI=1S/C22H26N2O/c25-22(24-16-13-21(24)19-9-5-2-6-10-19)20-11-14-23(15-12-20)17-18-7-3-1-4-8-18/h1-10,20-21H,11-17H2/t21-/m0/s1. The molecular formula is C22H26N2O. The van der Waals surface area contributed by atoms with Crippen LogP contribution in [0.3, 0.4) is 0 Å². The topological polar surface area (TPSA) is 23.6 Å². The van der Waals surface area contributed by atoms with E-state index in [-0.39, 0.29) is 5.92 Å². The monoisotopic (exact) mass is 334 g/mol. The van der Waals surface area contributed by atoms with Gasteiger partial charge in [0.2, 0.25) is 5.91 Å². The van der Waals surface area contributed by atoms with E-state index in [0.29, 0.717) is 11.9 Å². The minimum Gasteiger partial charge on any atom is -0.335 e. The van der Waals surface area contributed by atoms with Crippen LogP contribution in [0.25, 0.3) is 0 Å². The van der Waals surface area contributed by atoms with Gasteiger partial charge in [0.15, 0.2) is 0 Å². The van der Waals surface area contributed by atoms with Gasteiger partial charge >= 0.3 is 0 Å². The van der Waals surface area contributed by atoms with Gasteiger partial charge in [0.05, 0.1) is 6.04 Å². The number of piperidine rings is 1. The lowest BCUT2D eigenvalue weighted by atomic mass is 9.89. The molecule has 0 saturated carbocycles. The van der Waals surface area contributed by atoms with Crippen molar-refractivity contribution in [3.8, 4) is 0 Å². The normalized spacial score (nSPS) is 21.8. The van der Waals surface area contributed by atoms with E-state index < -0.39 is 0 Å². The van der Waals surface area contributed by atoms with Gasteiger partial charge in [-0.2, -0.15) is 0 Å². The molecule has 25 heavy (non-hydrogen) atoms. The van der Waals surface area contributed by atoms with Crippen molar-refractivity contribution in [1.82, 2.24) is 9.80 Å². The molecule has 4 rings (SSSR count). The molecular weight excluding hydrogens is 308 g/mol. The van der Waals surface area contributed by atoms with Crippen molar-refractivity contribution in [2.75, 3.05) is 19.6 Å². The summed E-state index contributed by atoms with van der Waals surface area (Å²) in [6.45, 7) is 3.96. The third kappa shape index (κ3) is 3.62. The summed E-state index contributed by atoms with van der Waals surface area (Å²) in [7, 11) is 0. The summed E-state index contributed by atoms with van der Waals surface area (Å²) < 4.78 is 0. The van der Waals surface area contributed by atoms with Crippen LogP contribution in [0, 0.1) is 5.92 Å². The molecule has 2 fully saturated rings. The number of benzene rings is 2. The van der Waals surface area contributed by atoms with E-state index in [1.165, 1.54) is 11.1 Å². The maximum absolute atomic E-state index is 12.9. The highest BCUT2D eigenvalue weighted by Crippen LogP contribution is 2.35. The smallest absolute Gasteiger partial charge is 0.226 e. The molecule has 2 heterocycles. The van der Waals surface area contributed by atoms with Gasteiger partial charge in [-0.05, 0) is 43.5 Å². The number of hydrogen-bond donors (Lipinski definition) is 0. The second-order valence-corrected chi connectivity index (χ2v) is 7.28. The van der Waals surface area contributed by atoms with Gasteiger partial charge in [-0.25, -0.2) is 0 Å². The lowest BCUT2D eigenvalue weighted by molar-refractivity contribution is -0.145. The highest BCUT2D eigenvalue weighted by Gasteiger charge is 2.37. The molecule has 0 aromatic heterocycles. The Morgan fingerprint density at radius 1 is 0.840 bits per heavy atom. The first-order valence-corrected chi connectivity index (χ1v) is 9.43. The van der Waals surface area contributed by atoms with Crippen molar-refractivity contribution >= 4 is 5.91 Å². The van der Waals surface area contributed by atoms with Gasteiger partial charge in [-0.1, -0.05) is 60.7 Å². The van der Waals surface area contributed by atoms with Gasteiger partial charge in [-0.15, -0.1) is 0 Å². The molecule has 0 spiro atoms. The molecule has 2 saturated heterocycles. The van der Waals surface area contributed by atoms with Crippen LogP contribution in [0.2, 0.25) is 0 Å². The van der Waals surface area contributed by atoms with E-state index in [1.54, 1.807) is 0 Å². The van der Waals surface area contributed by atoms with Gasteiger partial charge < -0.3 is 4.90 Å². The van der Waals surface area contributed by atoms with E-state index in [9.17, 15) is 4.79 Å². The number of amides is 1. The Labute approximate surface area is 150 Å². The second kappa shape index (κ2) is 7.40. The number of hydrogen-bond acceptors (Lipinski definition) is 2. The fourth-order valence-electron chi connectivity index (χ4n) is 4.09.